The van der Waals surface area contributed by atoms with Gasteiger partial charge in [0.05, 0.1) is 11.5 Å². The summed E-state index contributed by atoms with van der Waals surface area (Å²) in [6.07, 6.45) is 3.60. The second-order valence-electron chi connectivity index (χ2n) is 5.87. The molecule has 5 nitrogen and oxygen atoms in total. The van der Waals surface area contributed by atoms with E-state index >= 15 is 0 Å². The van der Waals surface area contributed by atoms with Crippen LogP contribution in [0.3, 0.4) is 0 Å². The van der Waals surface area contributed by atoms with E-state index in [9.17, 15) is 5.11 Å². The third-order valence-electron chi connectivity index (χ3n) is 4.30. The first-order valence-corrected chi connectivity index (χ1v) is 7.32. The molecule has 6 heteroatoms. The Balaban J connectivity index is 0.00000161. The van der Waals surface area contributed by atoms with Crippen molar-refractivity contribution in [3.8, 4) is 0 Å². The normalized spacial score (nSPS) is 22.1. The maximum Gasteiger partial charge on any atom is 0.143 e. The zero-order valence-corrected chi connectivity index (χ0v) is 14.2. The molecular formula is C15H22N4OV. The molecule has 1 fully saturated rings. The molecule has 113 valence electrons. The minimum Gasteiger partial charge on any atom is -0.393 e. The van der Waals surface area contributed by atoms with Crippen LogP contribution in [-0.2, 0) is 18.6 Å². The van der Waals surface area contributed by atoms with Crippen molar-refractivity contribution >= 4 is 16.9 Å². The number of aryl methyl sites for hydroxylation is 3. The Bertz CT molecular complexity index is 632. The van der Waals surface area contributed by atoms with E-state index in [0.717, 1.165) is 54.1 Å². The molecule has 2 aromatic rings. The number of nitrogens with zero attached hydrogens (tertiary/aromatic N) is 2. The van der Waals surface area contributed by atoms with Crippen molar-refractivity contribution < 1.29 is 23.7 Å². The van der Waals surface area contributed by atoms with Gasteiger partial charge in [0, 0.05) is 30.3 Å². The number of aliphatic hydroxyl groups is 1. The number of aromatic nitrogens is 3. The number of hydrogen-bond acceptors (Lipinski definition) is 4. The molecule has 1 aliphatic rings. The molecule has 1 aliphatic carbocycles. The van der Waals surface area contributed by atoms with Crippen LogP contribution in [0.5, 0.6) is 0 Å². The zero-order valence-electron chi connectivity index (χ0n) is 12.8. The predicted molar refractivity (Wildman–Crippen MR) is 80.0 cm³/mol. The number of anilines is 1. The van der Waals surface area contributed by atoms with Gasteiger partial charge in [-0.2, -0.15) is 0 Å². The maximum atomic E-state index is 9.60. The van der Waals surface area contributed by atoms with E-state index in [1.807, 2.05) is 6.92 Å². The SMILES string of the molecule is Cc1nc(NC2CCC(O)CC2)c2c(C)c(C)[nH]c2n1.[V]. The van der Waals surface area contributed by atoms with Crippen LogP contribution < -0.4 is 5.32 Å². The van der Waals surface area contributed by atoms with E-state index in [1.54, 1.807) is 0 Å². The molecular weight excluding hydrogens is 303 g/mol. The molecule has 1 radical (unpaired) electrons. The molecule has 0 aromatic carbocycles. The summed E-state index contributed by atoms with van der Waals surface area (Å²) in [7, 11) is 0. The first-order valence-electron chi connectivity index (χ1n) is 7.32. The monoisotopic (exact) mass is 325 g/mol. The van der Waals surface area contributed by atoms with Crippen LogP contribution in [0.15, 0.2) is 0 Å². The molecule has 0 bridgehead atoms. The molecule has 0 spiro atoms. The van der Waals surface area contributed by atoms with Crippen LogP contribution in [0.1, 0.15) is 42.8 Å². The van der Waals surface area contributed by atoms with Crippen molar-refractivity contribution in [1.29, 1.82) is 0 Å². The van der Waals surface area contributed by atoms with Crippen molar-refractivity contribution in [3.63, 3.8) is 0 Å². The van der Waals surface area contributed by atoms with Crippen LogP contribution in [0.2, 0.25) is 0 Å². The van der Waals surface area contributed by atoms with E-state index in [1.165, 1.54) is 5.56 Å². The van der Waals surface area contributed by atoms with Crippen molar-refractivity contribution in [2.24, 2.45) is 0 Å². The molecule has 0 amide bonds. The number of H-pyrrole nitrogens is 1. The summed E-state index contributed by atoms with van der Waals surface area (Å²) in [5.41, 5.74) is 3.26. The molecule has 0 unspecified atom stereocenters. The molecule has 0 atom stereocenters. The van der Waals surface area contributed by atoms with Crippen molar-refractivity contribution in [2.45, 2.75) is 58.6 Å². The minimum absolute atomic E-state index is 0. The van der Waals surface area contributed by atoms with E-state index in [0.29, 0.717) is 6.04 Å². The summed E-state index contributed by atoms with van der Waals surface area (Å²) in [5.74, 6) is 1.70. The van der Waals surface area contributed by atoms with Gasteiger partial charge >= 0.3 is 0 Å². The summed E-state index contributed by atoms with van der Waals surface area (Å²) in [4.78, 5) is 12.4. The Morgan fingerprint density at radius 1 is 1.10 bits per heavy atom. The number of hydrogen-bond donors (Lipinski definition) is 3. The van der Waals surface area contributed by atoms with Gasteiger partial charge in [0.15, 0.2) is 0 Å². The summed E-state index contributed by atoms with van der Waals surface area (Å²) in [6, 6.07) is 0.394. The largest absolute Gasteiger partial charge is 0.393 e. The predicted octanol–water partition coefficient (Wildman–Crippen LogP) is 2.60. The molecule has 1 saturated carbocycles. The number of aliphatic hydroxyl groups excluding tert-OH is 1. The second-order valence-corrected chi connectivity index (χ2v) is 5.87. The molecule has 2 aromatic heterocycles. The topological polar surface area (TPSA) is 73.8 Å². The number of aromatic amines is 1. The minimum atomic E-state index is -0.128. The Morgan fingerprint density at radius 2 is 1.76 bits per heavy atom. The van der Waals surface area contributed by atoms with Crippen molar-refractivity contribution in [1.82, 2.24) is 15.0 Å². The Kier molecular flexibility index (Phi) is 4.97. The van der Waals surface area contributed by atoms with Gasteiger partial charge in [-0.25, -0.2) is 9.97 Å². The molecule has 3 N–H and O–H groups in total. The quantitative estimate of drug-likeness (QED) is 0.793. The van der Waals surface area contributed by atoms with E-state index in [-0.39, 0.29) is 24.7 Å². The van der Waals surface area contributed by atoms with Gasteiger partial charge in [0.25, 0.3) is 0 Å². The van der Waals surface area contributed by atoms with Crippen LogP contribution in [0.4, 0.5) is 5.82 Å². The smallest absolute Gasteiger partial charge is 0.143 e. The molecule has 21 heavy (non-hydrogen) atoms. The fourth-order valence-electron chi connectivity index (χ4n) is 3.00. The maximum absolute atomic E-state index is 9.60. The third kappa shape index (κ3) is 3.25. The third-order valence-corrected chi connectivity index (χ3v) is 4.30. The average Bonchev–Trinajstić information content (AvgIpc) is 2.67. The molecule has 2 heterocycles. The number of rotatable bonds is 2. The molecule has 0 aliphatic heterocycles. The van der Waals surface area contributed by atoms with Gasteiger partial charge in [-0.05, 0) is 52.0 Å². The zero-order chi connectivity index (χ0) is 14.3. The summed E-state index contributed by atoms with van der Waals surface area (Å²) in [6.45, 7) is 6.08. The summed E-state index contributed by atoms with van der Waals surface area (Å²) < 4.78 is 0. The van der Waals surface area contributed by atoms with Gasteiger partial charge in [-0.3, -0.25) is 0 Å². The fourth-order valence-corrected chi connectivity index (χ4v) is 3.00. The Morgan fingerprint density at radius 3 is 2.43 bits per heavy atom. The molecule has 3 rings (SSSR count). The van der Waals surface area contributed by atoms with E-state index in [2.05, 4.69) is 34.1 Å². The van der Waals surface area contributed by atoms with Gasteiger partial charge < -0.3 is 15.4 Å². The first kappa shape index (κ1) is 16.3. The molecule has 0 saturated heterocycles. The van der Waals surface area contributed by atoms with E-state index < -0.39 is 0 Å². The van der Waals surface area contributed by atoms with Gasteiger partial charge in [-0.15, -0.1) is 0 Å². The average molecular weight is 325 g/mol. The van der Waals surface area contributed by atoms with Crippen molar-refractivity contribution in [3.05, 3.63) is 17.1 Å². The van der Waals surface area contributed by atoms with Crippen molar-refractivity contribution in [2.75, 3.05) is 5.32 Å². The van der Waals surface area contributed by atoms with Crippen LogP contribution in [0, 0.1) is 20.8 Å². The Labute approximate surface area is 136 Å². The van der Waals surface area contributed by atoms with Crippen LogP contribution in [0.25, 0.3) is 11.0 Å². The Hall–Kier alpha value is -1.04. The summed E-state index contributed by atoms with van der Waals surface area (Å²) in [5, 5.41) is 14.3. The second kappa shape index (κ2) is 6.38. The summed E-state index contributed by atoms with van der Waals surface area (Å²) >= 11 is 0. The number of fused-ring (bicyclic) bond motifs is 1. The number of nitrogens with one attached hydrogen (secondary N) is 2. The van der Waals surface area contributed by atoms with Gasteiger partial charge in [-0.1, -0.05) is 0 Å². The van der Waals surface area contributed by atoms with Crippen LogP contribution in [-0.4, -0.2) is 32.2 Å². The fraction of sp³-hybridized carbons (Fsp3) is 0.600. The van der Waals surface area contributed by atoms with Gasteiger partial charge in [0.1, 0.15) is 17.3 Å². The van der Waals surface area contributed by atoms with Crippen LogP contribution >= 0.6 is 0 Å². The van der Waals surface area contributed by atoms with E-state index in [4.69, 9.17) is 0 Å². The first-order chi connectivity index (χ1) is 9.54. The standard InChI is InChI=1S/C15H22N4O.V/c1-8-9(2)16-14-13(8)15(18-10(3)17-14)19-11-4-6-12(20)7-5-11;/h11-12,20H,4-7H2,1-3H3,(H2,16,17,18,19);. The van der Waals surface area contributed by atoms with Gasteiger partial charge in [0.2, 0.25) is 0 Å².